The van der Waals surface area contributed by atoms with Crippen LogP contribution in [0.3, 0.4) is 0 Å². The Hall–Kier alpha value is -0.650. The maximum absolute atomic E-state index is 11.9. The summed E-state index contributed by atoms with van der Waals surface area (Å²) in [5.74, 6) is 0.111. The van der Waals surface area contributed by atoms with E-state index >= 15 is 0 Å². The normalized spacial score (nSPS) is 19.7. The summed E-state index contributed by atoms with van der Waals surface area (Å²) >= 11 is 0. The number of hydrogen-bond acceptors (Lipinski definition) is 4. The zero-order valence-corrected chi connectivity index (χ0v) is 11.4. The number of nitrogens with zero attached hydrogens (tertiary/aromatic N) is 3. The van der Waals surface area contributed by atoms with E-state index < -0.39 is 0 Å². The summed E-state index contributed by atoms with van der Waals surface area (Å²) in [5.41, 5.74) is 5.77. The topological polar surface area (TPSA) is 52.8 Å². The number of hydrogen-bond donors (Lipinski definition) is 1. The van der Waals surface area contributed by atoms with Crippen molar-refractivity contribution in [2.45, 2.75) is 19.4 Å². The molecule has 0 aromatic carbocycles. The Labute approximate surface area is 105 Å². The van der Waals surface area contributed by atoms with Gasteiger partial charge in [0.05, 0.1) is 6.04 Å². The first-order valence-corrected chi connectivity index (χ1v) is 6.46. The minimum Gasteiger partial charge on any atom is -0.339 e. The van der Waals surface area contributed by atoms with E-state index in [-0.39, 0.29) is 11.9 Å². The van der Waals surface area contributed by atoms with Gasteiger partial charge in [-0.25, -0.2) is 0 Å². The average Bonchev–Trinajstić information content (AvgIpc) is 2.35. The quantitative estimate of drug-likeness (QED) is 0.701. The Bertz CT molecular complexity index is 237. The van der Waals surface area contributed by atoms with Crippen molar-refractivity contribution in [1.29, 1.82) is 0 Å². The number of rotatable bonds is 5. The average molecular weight is 242 g/mol. The van der Waals surface area contributed by atoms with E-state index in [1.165, 1.54) is 0 Å². The van der Waals surface area contributed by atoms with Crippen LogP contribution in [0, 0.1) is 0 Å². The zero-order valence-electron chi connectivity index (χ0n) is 11.4. The first-order chi connectivity index (χ1) is 8.04. The largest absolute Gasteiger partial charge is 0.339 e. The molecule has 0 bridgehead atoms. The van der Waals surface area contributed by atoms with Gasteiger partial charge in [-0.15, -0.1) is 0 Å². The molecule has 1 aliphatic heterocycles. The summed E-state index contributed by atoms with van der Waals surface area (Å²) in [6.45, 7) is 7.68. The highest BCUT2D eigenvalue weighted by Gasteiger charge is 2.23. The lowest BCUT2D eigenvalue weighted by Gasteiger charge is -2.36. The molecule has 0 spiro atoms. The van der Waals surface area contributed by atoms with Gasteiger partial charge in [-0.3, -0.25) is 9.69 Å². The number of piperazine rings is 1. The van der Waals surface area contributed by atoms with Gasteiger partial charge in [0, 0.05) is 39.3 Å². The van der Waals surface area contributed by atoms with Crippen molar-refractivity contribution in [3.63, 3.8) is 0 Å². The lowest BCUT2D eigenvalue weighted by molar-refractivity contribution is -0.134. The lowest BCUT2D eigenvalue weighted by atomic mass is 10.2. The van der Waals surface area contributed by atoms with Crippen LogP contribution in [0.25, 0.3) is 0 Å². The van der Waals surface area contributed by atoms with E-state index in [0.717, 1.165) is 45.7 Å². The van der Waals surface area contributed by atoms with Crippen LogP contribution in [0.5, 0.6) is 0 Å². The highest BCUT2D eigenvalue weighted by atomic mass is 16.2. The van der Waals surface area contributed by atoms with Crippen molar-refractivity contribution in [3.05, 3.63) is 0 Å². The first kappa shape index (κ1) is 14.4. The maximum atomic E-state index is 11.9. The molecule has 5 heteroatoms. The van der Waals surface area contributed by atoms with E-state index in [2.05, 4.69) is 23.9 Å². The lowest BCUT2D eigenvalue weighted by Crippen LogP contribution is -2.53. The predicted octanol–water partition coefficient (Wildman–Crippen LogP) is -0.570. The second-order valence-corrected chi connectivity index (χ2v) is 4.98. The maximum Gasteiger partial charge on any atom is 0.239 e. The van der Waals surface area contributed by atoms with Crippen molar-refractivity contribution >= 4 is 5.91 Å². The molecule has 1 fully saturated rings. The molecule has 1 amide bonds. The van der Waals surface area contributed by atoms with Crippen molar-refractivity contribution in [3.8, 4) is 0 Å². The van der Waals surface area contributed by atoms with Crippen molar-refractivity contribution < 1.29 is 4.79 Å². The van der Waals surface area contributed by atoms with Crippen molar-refractivity contribution in [2.24, 2.45) is 5.73 Å². The fourth-order valence-electron chi connectivity index (χ4n) is 1.94. The summed E-state index contributed by atoms with van der Waals surface area (Å²) < 4.78 is 0. The van der Waals surface area contributed by atoms with E-state index in [1.807, 2.05) is 11.8 Å². The molecule has 5 nitrogen and oxygen atoms in total. The van der Waals surface area contributed by atoms with Gasteiger partial charge in [0.15, 0.2) is 0 Å². The molecule has 0 aromatic heterocycles. The van der Waals surface area contributed by atoms with Crippen LogP contribution in [0.4, 0.5) is 0 Å². The monoisotopic (exact) mass is 242 g/mol. The van der Waals surface area contributed by atoms with Gasteiger partial charge in [0.2, 0.25) is 5.91 Å². The highest BCUT2D eigenvalue weighted by molar-refractivity contribution is 5.81. The molecule has 1 atom stereocenters. The fourth-order valence-corrected chi connectivity index (χ4v) is 1.94. The van der Waals surface area contributed by atoms with Gasteiger partial charge in [0.1, 0.15) is 0 Å². The summed E-state index contributed by atoms with van der Waals surface area (Å²) in [7, 11) is 4.17. The van der Waals surface area contributed by atoms with E-state index in [1.54, 1.807) is 0 Å². The van der Waals surface area contributed by atoms with Gasteiger partial charge in [0.25, 0.3) is 0 Å². The van der Waals surface area contributed by atoms with Crippen LogP contribution >= 0.6 is 0 Å². The third-order valence-electron chi connectivity index (χ3n) is 3.30. The van der Waals surface area contributed by atoms with Crippen LogP contribution in [0.1, 0.15) is 13.3 Å². The molecule has 1 aliphatic rings. The number of nitrogens with two attached hydrogens (primary N) is 1. The van der Waals surface area contributed by atoms with Crippen molar-refractivity contribution in [2.75, 3.05) is 53.4 Å². The predicted molar refractivity (Wildman–Crippen MR) is 69.8 cm³/mol. The van der Waals surface area contributed by atoms with Crippen LogP contribution < -0.4 is 5.73 Å². The van der Waals surface area contributed by atoms with Gasteiger partial charge in [-0.1, -0.05) is 6.92 Å². The van der Waals surface area contributed by atoms with Gasteiger partial charge >= 0.3 is 0 Å². The molecule has 2 N–H and O–H groups in total. The molecule has 1 saturated heterocycles. The molecule has 1 heterocycles. The summed E-state index contributed by atoms with van der Waals surface area (Å²) in [4.78, 5) is 18.4. The molecular weight excluding hydrogens is 216 g/mol. The molecular formula is C12H26N4O. The van der Waals surface area contributed by atoms with Crippen molar-refractivity contribution in [1.82, 2.24) is 14.7 Å². The highest BCUT2D eigenvalue weighted by Crippen LogP contribution is 2.04. The fraction of sp³-hybridized carbons (Fsp3) is 0.917. The standard InChI is InChI=1S/C12H26N4O/c1-4-11(13)12(17)16-9-7-15(8-10-16)6-5-14(2)3/h11H,4-10,13H2,1-3H3/t11-/m1/s1. The van der Waals surface area contributed by atoms with Gasteiger partial charge < -0.3 is 15.5 Å². The summed E-state index contributed by atoms with van der Waals surface area (Å²) in [6, 6.07) is -0.316. The number of carbonyl (C=O) groups is 1. The Kier molecular flexibility index (Phi) is 5.88. The molecule has 1 rings (SSSR count). The van der Waals surface area contributed by atoms with Crippen LogP contribution in [0.2, 0.25) is 0 Å². The van der Waals surface area contributed by atoms with E-state index in [4.69, 9.17) is 5.73 Å². The Morgan fingerprint density at radius 1 is 1.29 bits per heavy atom. The van der Waals surface area contributed by atoms with Gasteiger partial charge in [-0.2, -0.15) is 0 Å². The summed E-state index contributed by atoms with van der Waals surface area (Å²) in [5, 5.41) is 0. The molecule has 17 heavy (non-hydrogen) atoms. The van der Waals surface area contributed by atoms with Crippen LogP contribution in [-0.4, -0.2) is 80.0 Å². The van der Waals surface area contributed by atoms with Crippen LogP contribution in [-0.2, 0) is 4.79 Å². The molecule has 0 radical (unpaired) electrons. The number of amides is 1. The van der Waals surface area contributed by atoms with E-state index in [9.17, 15) is 4.79 Å². The Balaban J connectivity index is 2.28. The van der Waals surface area contributed by atoms with Gasteiger partial charge in [-0.05, 0) is 20.5 Å². The molecule has 100 valence electrons. The third kappa shape index (κ3) is 4.61. The SMILES string of the molecule is CC[C@@H](N)C(=O)N1CCN(CCN(C)C)CC1. The molecule has 0 aromatic rings. The summed E-state index contributed by atoms with van der Waals surface area (Å²) in [6.07, 6.45) is 0.722. The molecule has 0 aliphatic carbocycles. The second-order valence-electron chi connectivity index (χ2n) is 4.98. The Morgan fingerprint density at radius 2 is 1.88 bits per heavy atom. The zero-order chi connectivity index (χ0) is 12.8. The number of carbonyl (C=O) groups excluding carboxylic acids is 1. The molecule has 0 saturated carbocycles. The Morgan fingerprint density at radius 3 is 2.35 bits per heavy atom. The first-order valence-electron chi connectivity index (χ1n) is 6.46. The minimum absolute atomic E-state index is 0.111. The molecule has 0 unspecified atom stereocenters. The second kappa shape index (κ2) is 6.93. The van der Waals surface area contributed by atoms with E-state index in [0.29, 0.717) is 0 Å². The smallest absolute Gasteiger partial charge is 0.239 e. The van der Waals surface area contributed by atoms with Crippen LogP contribution in [0.15, 0.2) is 0 Å². The third-order valence-corrected chi connectivity index (χ3v) is 3.30. The number of likely N-dealkylation sites (N-methyl/N-ethyl adjacent to an activating group) is 1. The minimum atomic E-state index is -0.316.